The molecule has 184 valence electrons. The lowest BCUT2D eigenvalue weighted by Crippen LogP contribution is -2.54. The summed E-state index contributed by atoms with van der Waals surface area (Å²) in [5.41, 5.74) is 1.44. The molecule has 10 heteroatoms. The molecule has 36 heavy (non-hydrogen) atoms. The number of halogens is 3. The molecule has 1 N–H and O–H groups in total. The molecule has 4 rings (SSSR count). The molecule has 0 aromatic heterocycles. The van der Waals surface area contributed by atoms with E-state index >= 15 is 0 Å². The van der Waals surface area contributed by atoms with E-state index in [1.54, 1.807) is 60.7 Å². The van der Waals surface area contributed by atoms with Crippen LogP contribution in [-0.4, -0.2) is 24.5 Å². The first-order valence-electron chi connectivity index (χ1n) is 10.8. The van der Waals surface area contributed by atoms with Gasteiger partial charge < -0.3 is 9.47 Å². The van der Waals surface area contributed by atoms with Crippen molar-refractivity contribution < 1.29 is 23.9 Å². The topological polar surface area (TPSA) is 84.9 Å². The second-order valence-electron chi connectivity index (χ2n) is 7.60. The van der Waals surface area contributed by atoms with Crippen molar-refractivity contribution in [2.45, 2.75) is 13.5 Å². The molecule has 3 aromatic carbocycles. The summed E-state index contributed by atoms with van der Waals surface area (Å²) in [5.74, 6) is -0.376. The zero-order valence-corrected chi connectivity index (χ0v) is 22.0. The van der Waals surface area contributed by atoms with Crippen LogP contribution in [0.4, 0.5) is 10.5 Å². The lowest BCUT2D eigenvalue weighted by molar-refractivity contribution is -0.122. The molecule has 1 saturated heterocycles. The smallest absolute Gasteiger partial charge is 0.335 e. The van der Waals surface area contributed by atoms with Gasteiger partial charge in [0.2, 0.25) is 0 Å². The highest BCUT2D eigenvalue weighted by atomic mass is 79.9. The molecule has 0 saturated carbocycles. The Morgan fingerprint density at radius 1 is 0.972 bits per heavy atom. The van der Waals surface area contributed by atoms with Gasteiger partial charge in [0.25, 0.3) is 11.8 Å². The van der Waals surface area contributed by atoms with Gasteiger partial charge in [0.15, 0.2) is 0 Å². The van der Waals surface area contributed by atoms with Gasteiger partial charge in [0, 0.05) is 15.6 Å². The highest BCUT2D eigenvalue weighted by Crippen LogP contribution is 2.29. The van der Waals surface area contributed by atoms with Gasteiger partial charge in [-0.15, -0.1) is 0 Å². The monoisotopic (exact) mass is 588 g/mol. The third kappa shape index (κ3) is 5.73. The number of benzene rings is 3. The summed E-state index contributed by atoms with van der Waals surface area (Å²) in [5, 5.41) is 3.22. The Labute approximate surface area is 225 Å². The van der Waals surface area contributed by atoms with Gasteiger partial charge in [-0.3, -0.25) is 14.9 Å². The van der Waals surface area contributed by atoms with E-state index < -0.39 is 17.8 Å². The number of nitrogens with zero attached hydrogens (tertiary/aromatic N) is 1. The Kier molecular flexibility index (Phi) is 7.98. The molecule has 0 aliphatic carbocycles. The average molecular weight is 590 g/mol. The van der Waals surface area contributed by atoms with Gasteiger partial charge in [-0.1, -0.05) is 35.3 Å². The summed E-state index contributed by atoms with van der Waals surface area (Å²) < 4.78 is 11.9. The normalized spacial score (nSPS) is 14.7. The maximum atomic E-state index is 13.1. The van der Waals surface area contributed by atoms with E-state index in [4.69, 9.17) is 32.7 Å². The Morgan fingerprint density at radius 2 is 1.72 bits per heavy atom. The standard InChI is InChI=1S/C26H19BrCl2N2O5/c1-2-35-23-10-3-15(12-21(23)27)11-20-24(32)30-26(34)31(25(20)33)18-6-8-19(9-7-18)36-14-16-4-5-17(28)13-22(16)29/h3-13H,2,14H2,1H3,(H,30,32,34)/b20-11+. The second-order valence-corrected chi connectivity index (χ2v) is 9.30. The third-order valence-electron chi connectivity index (χ3n) is 5.17. The summed E-state index contributed by atoms with van der Waals surface area (Å²) in [6.45, 7) is 2.57. The van der Waals surface area contributed by atoms with Crippen molar-refractivity contribution in [2.75, 3.05) is 11.5 Å². The van der Waals surface area contributed by atoms with Crippen LogP contribution >= 0.6 is 39.1 Å². The Hall–Kier alpha value is -3.33. The van der Waals surface area contributed by atoms with Crippen molar-refractivity contribution in [3.05, 3.63) is 91.9 Å². The first-order valence-corrected chi connectivity index (χ1v) is 12.3. The number of urea groups is 1. The number of nitrogens with one attached hydrogen (secondary N) is 1. The van der Waals surface area contributed by atoms with Crippen molar-refractivity contribution in [3.8, 4) is 11.5 Å². The van der Waals surface area contributed by atoms with Crippen LogP contribution in [0.5, 0.6) is 11.5 Å². The fraction of sp³-hybridized carbons (Fsp3) is 0.115. The first-order chi connectivity index (χ1) is 17.3. The van der Waals surface area contributed by atoms with Crippen LogP contribution in [0.2, 0.25) is 10.0 Å². The minimum Gasteiger partial charge on any atom is -0.493 e. The lowest BCUT2D eigenvalue weighted by Gasteiger charge is -2.26. The van der Waals surface area contributed by atoms with Crippen LogP contribution in [0.25, 0.3) is 6.08 Å². The zero-order chi connectivity index (χ0) is 25.8. The molecule has 0 radical (unpaired) electrons. The molecule has 1 aliphatic rings. The fourth-order valence-electron chi connectivity index (χ4n) is 3.43. The van der Waals surface area contributed by atoms with Crippen LogP contribution < -0.4 is 19.7 Å². The summed E-state index contributed by atoms with van der Waals surface area (Å²) in [7, 11) is 0. The maximum absolute atomic E-state index is 13.1. The molecular weight excluding hydrogens is 571 g/mol. The molecule has 0 spiro atoms. The minimum absolute atomic E-state index is 0.177. The SMILES string of the molecule is CCOc1ccc(/C=C2\C(=O)NC(=O)N(c3ccc(OCc4ccc(Cl)cc4Cl)cc3)C2=O)cc1Br. The third-order valence-corrected chi connectivity index (χ3v) is 6.38. The highest BCUT2D eigenvalue weighted by molar-refractivity contribution is 9.10. The minimum atomic E-state index is -0.836. The number of carbonyl (C=O) groups excluding carboxylic acids is 3. The summed E-state index contributed by atoms with van der Waals surface area (Å²) in [6, 6.07) is 15.8. The Bertz CT molecular complexity index is 1380. The van der Waals surface area contributed by atoms with Crippen molar-refractivity contribution in [1.82, 2.24) is 5.32 Å². The molecule has 3 aromatic rings. The number of anilines is 1. The van der Waals surface area contributed by atoms with E-state index in [0.29, 0.717) is 38.2 Å². The van der Waals surface area contributed by atoms with Crippen LogP contribution in [0.3, 0.4) is 0 Å². The maximum Gasteiger partial charge on any atom is 0.335 e. The number of hydrogen-bond donors (Lipinski definition) is 1. The zero-order valence-electron chi connectivity index (χ0n) is 18.9. The summed E-state index contributed by atoms with van der Waals surface area (Å²) in [4.78, 5) is 39.0. The molecular formula is C26H19BrCl2N2O5. The van der Waals surface area contributed by atoms with E-state index in [2.05, 4.69) is 21.2 Å². The van der Waals surface area contributed by atoms with Crippen molar-refractivity contribution in [3.63, 3.8) is 0 Å². The highest BCUT2D eigenvalue weighted by Gasteiger charge is 2.36. The lowest BCUT2D eigenvalue weighted by atomic mass is 10.1. The molecule has 0 bridgehead atoms. The molecule has 1 fully saturated rings. The quantitative estimate of drug-likeness (QED) is 0.255. The number of amides is 4. The van der Waals surface area contributed by atoms with Gasteiger partial charge in [-0.25, -0.2) is 9.69 Å². The summed E-state index contributed by atoms with van der Waals surface area (Å²) in [6.07, 6.45) is 1.42. The van der Waals surface area contributed by atoms with Crippen molar-refractivity contribution >= 4 is 68.7 Å². The number of hydrogen-bond acceptors (Lipinski definition) is 5. The van der Waals surface area contributed by atoms with Crippen LogP contribution in [0.1, 0.15) is 18.1 Å². The molecule has 1 heterocycles. The summed E-state index contributed by atoms with van der Waals surface area (Å²) >= 11 is 15.5. The van der Waals surface area contributed by atoms with E-state index in [-0.39, 0.29) is 17.9 Å². The van der Waals surface area contributed by atoms with Gasteiger partial charge in [0.1, 0.15) is 23.7 Å². The van der Waals surface area contributed by atoms with E-state index in [9.17, 15) is 14.4 Å². The number of ether oxygens (including phenoxy) is 2. The largest absolute Gasteiger partial charge is 0.493 e. The van der Waals surface area contributed by atoms with Crippen molar-refractivity contribution in [2.24, 2.45) is 0 Å². The Morgan fingerprint density at radius 3 is 2.39 bits per heavy atom. The van der Waals surface area contributed by atoms with Gasteiger partial charge in [-0.05, 0) is 83.0 Å². The number of imide groups is 2. The van der Waals surface area contributed by atoms with Crippen LogP contribution in [-0.2, 0) is 16.2 Å². The predicted molar refractivity (Wildman–Crippen MR) is 142 cm³/mol. The first kappa shape index (κ1) is 25.8. The molecule has 1 aliphatic heterocycles. The second kappa shape index (κ2) is 11.2. The van der Waals surface area contributed by atoms with Crippen LogP contribution in [0.15, 0.2) is 70.7 Å². The van der Waals surface area contributed by atoms with E-state index in [1.807, 2.05) is 6.92 Å². The van der Waals surface area contributed by atoms with Gasteiger partial charge in [0.05, 0.1) is 16.8 Å². The van der Waals surface area contributed by atoms with E-state index in [1.165, 1.54) is 6.08 Å². The molecule has 0 unspecified atom stereocenters. The predicted octanol–water partition coefficient (Wildman–Crippen LogP) is 6.40. The van der Waals surface area contributed by atoms with Gasteiger partial charge in [-0.2, -0.15) is 0 Å². The van der Waals surface area contributed by atoms with Crippen LogP contribution in [0, 0.1) is 0 Å². The molecule has 4 amide bonds. The average Bonchev–Trinajstić information content (AvgIpc) is 2.83. The molecule has 7 nitrogen and oxygen atoms in total. The fourth-order valence-corrected chi connectivity index (χ4v) is 4.40. The Balaban J connectivity index is 1.52. The molecule has 0 atom stereocenters. The number of barbiturate groups is 1. The van der Waals surface area contributed by atoms with E-state index in [0.717, 1.165) is 10.5 Å². The number of carbonyl (C=O) groups is 3. The van der Waals surface area contributed by atoms with Crippen molar-refractivity contribution in [1.29, 1.82) is 0 Å². The van der Waals surface area contributed by atoms with Gasteiger partial charge >= 0.3 is 6.03 Å². The number of rotatable bonds is 7.